The molecule has 150 valence electrons. The minimum absolute atomic E-state index is 0.425. The van der Waals surface area contributed by atoms with Crippen LogP contribution in [0.1, 0.15) is 16.7 Å². The standard InChI is InChI=1S/C26H23NO3/c1-4-10-21(11-5-1)18-28-24-16-25(29-19-22-12-6-2-7-13-22)27-26(17-24)30-20-23-14-8-3-9-15-23/h1-17H,18-20H2. The van der Waals surface area contributed by atoms with Crippen LogP contribution in [0, 0.1) is 0 Å². The van der Waals surface area contributed by atoms with Gasteiger partial charge >= 0.3 is 0 Å². The molecular formula is C26H23NO3. The van der Waals surface area contributed by atoms with Crippen molar-refractivity contribution in [1.82, 2.24) is 4.98 Å². The molecule has 0 amide bonds. The Hall–Kier alpha value is -3.79. The van der Waals surface area contributed by atoms with Gasteiger partial charge in [-0.1, -0.05) is 91.0 Å². The summed E-state index contributed by atoms with van der Waals surface area (Å²) in [6, 6.07) is 33.6. The zero-order chi connectivity index (χ0) is 20.4. The Morgan fingerprint density at radius 3 is 1.23 bits per heavy atom. The van der Waals surface area contributed by atoms with Gasteiger partial charge in [0, 0.05) is 12.1 Å². The highest BCUT2D eigenvalue weighted by Gasteiger charge is 2.08. The Morgan fingerprint density at radius 1 is 0.467 bits per heavy atom. The van der Waals surface area contributed by atoms with Gasteiger partial charge in [-0.25, -0.2) is 0 Å². The second-order valence-electron chi connectivity index (χ2n) is 6.80. The molecule has 0 saturated carbocycles. The third-order valence-electron chi connectivity index (χ3n) is 4.46. The molecule has 4 rings (SSSR count). The number of hydrogen-bond acceptors (Lipinski definition) is 4. The molecule has 1 aromatic heterocycles. The van der Waals surface area contributed by atoms with Crippen molar-refractivity contribution in [2.24, 2.45) is 0 Å². The molecule has 0 spiro atoms. The minimum atomic E-state index is 0.425. The summed E-state index contributed by atoms with van der Waals surface area (Å²) in [6.07, 6.45) is 0. The number of rotatable bonds is 9. The fourth-order valence-corrected chi connectivity index (χ4v) is 2.89. The van der Waals surface area contributed by atoms with Gasteiger partial charge in [0.05, 0.1) is 0 Å². The molecular weight excluding hydrogens is 374 g/mol. The second-order valence-corrected chi connectivity index (χ2v) is 6.80. The Bertz CT molecular complexity index is 888. The number of pyridine rings is 1. The van der Waals surface area contributed by atoms with Crippen molar-refractivity contribution in [3.8, 4) is 17.5 Å². The normalized spacial score (nSPS) is 10.4. The van der Waals surface area contributed by atoms with Gasteiger partial charge in [-0.05, 0) is 16.7 Å². The van der Waals surface area contributed by atoms with E-state index < -0.39 is 0 Å². The van der Waals surface area contributed by atoms with Crippen molar-refractivity contribution in [2.45, 2.75) is 19.8 Å². The van der Waals surface area contributed by atoms with E-state index in [0.717, 1.165) is 16.7 Å². The number of hydrogen-bond donors (Lipinski definition) is 0. The van der Waals surface area contributed by atoms with Crippen molar-refractivity contribution < 1.29 is 14.2 Å². The third-order valence-corrected chi connectivity index (χ3v) is 4.46. The summed E-state index contributed by atoms with van der Waals surface area (Å²) in [4.78, 5) is 4.49. The topological polar surface area (TPSA) is 40.6 Å². The van der Waals surface area contributed by atoms with E-state index in [0.29, 0.717) is 37.3 Å². The number of ether oxygens (including phenoxy) is 3. The van der Waals surface area contributed by atoms with E-state index in [1.54, 1.807) is 12.1 Å². The lowest BCUT2D eigenvalue weighted by atomic mass is 10.2. The highest BCUT2D eigenvalue weighted by atomic mass is 16.5. The predicted molar refractivity (Wildman–Crippen MR) is 117 cm³/mol. The van der Waals surface area contributed by atoms with Crippen molar-refractivity contribution in [3.05, 3.63) is 120 Å². The van der Waals surface area contributed by atoms with Crippen LogP contribution in [0.25, 0.3) is 0 Å². The maximum atomic E-state index is 5.98. The quantitative estimate of drug-likeness (QED) is 0.357. The van der Waals surface area contributed by atoms with Crippen molar-refractivity contribution in [2.75, 3.05) is 0 Å². The van der Waals surface area contributed by atoms with Crippen LogP contribution in [0.3, 0.4) is 0 Å². The molecule has 30 heavy (non-hydrogen) atoms. The molecule has 0 bridgehead atoms. The first-order chi connectivity index (χ1) is 14.8. The van der Waals surface area contributed by atoms with Crippen LogP contribution in [-0.4, -0.2) is 4.98 Å². The Balaban J connectivity index is 1.48. The van der Waals surface area contributed by atoms with Gasteiger partial charge < -0.3 is 14.2 Å². The first kappa shape index (κ1) is 19.5. The smallest absolute Gasteiger partial charge is 0.220 e. The molecule has 1 heterocycles. The summed E-state index contributed by atoms with van der Waals surface area (Å²) >= 11 is 0. The van der Waals surface area contributed by atoms with Crippen molar-refractivity contribution in [1.29, 1.82) is 0 Å². The van der Waals surface area contributed by atoms with Gasteiger partial charge in [0.2, 0.25) is 11.8 Å². The van der Waals surface area contributed by atoms with Crippen molar-refractivity contribution >= 4 is 0 Å². The third kappa shape index (κ3) is 5.85. The van der Waals surface area contributed by atoms with Gasteiger partial charge in [0.1, 0.15) is 25.6 Å². The largest absolute Gasteiger partial charge is 0.489 e. The molecule has 4 heteroatoms. The Labute approximate surface area is 176 Å². The van der Waals surface area contributed by atoms with Gasteiger partial charge in [0.25, 0.3) is 0 Å². The highest BCUT2D eigenvalue weighted by Crippen LogP contribution is 2.26. The summed E-state index contributed by atoms with van der Waals surface area (Å²) in [7, 11) is 0. The van der Waals surface area contributed by atoms with Crippen LogP contribution in [-0.2, 0) is 19.8 Å². The average Bonchev–Trinajstić information content (AvgIpc) is 2.82. The molecule has 0 aliphatic carbocycles. The van der Waals surface area contributed by atoms with E-state index in [1.165, 1.54) is 0 Å². The molecule has 0 unspecified atom stereocenters. The first-order valence-corrected chi connectivity index (χ1v) is 9.87. The maximum absolute atomic E-state index is 5.98. The maximum Gasteiger partial charge on any atom is 0.220 e. The molecule has 0 aliphatic rings. The van der Waals surface area contributed by atoms with E-state index in [9.17, 15) is 0 Å². The zero-order valence-corrected chi connectivity index (χ0v) is 16.6. The zero-order valence-electron chi connectivity index (χ0n) is 16.6. The summed E-state index contributed by atoms with van der Waals surface area (Å²) in [5.74, 6) is 1.58. The lowest BCUT2D eigenvalue weighted by molar-refractivity contribution is 0.257. The molecule has 3 aromatic carbocycles. The van der Waals surface area contributed by atoms with E-state index >= 15 is 0 Å². The highest BCUT2D eigenvalue weighted by molar-refractivity contribution is 5.34. The summed E-state index contributed by atoms with van der Waals surface area (Å²) in [5, 5.41) is 0. The summed E-state index contributed by atoms with van der Waals surface area (Å²) < 4.78 is 17.8. The van der Waals surface area contributed by atoms with Crippen LogP contribution in [0.5, 0.6) is 17.5 Å². The van der Waals surface area contributed by atoms with E-state index in [1.807, 2.05) is 91.0 Å². The monoisotopic (exact) mass is 397 g/mol. The van der Waals surface area contributed by atoms with Gasteiger partial charge in [-0.3, -0.25) is 0 Å². The van der Waals surface area contributed by atoms with Crippen LogP contribution in [0.4, 0.5) is 0 Å². The fraction of sp³-hybridized carbons (Fsp3) is 0.115. The predicted octanol–water partition coefficient (Wildman–Crippen LogP) is 5.82. The molecule has 0 atom stereocenters. The van der Waals surface area contributed by atoms with Crippen LogP contribution in [0.2, 0.25) is 0 Å². The van der Waals surface area contributed by atoms with E-state index in [2.05, 4.69) is 4.98 Å². The van der Waals surface area contributed by atoms with E-state index in [4.69, 9.17) is 14.2 Å². The summed E-state index contributed by atoms with van der Waals surface area (Å²) in [6.45, 7) is 1.31. The Kier molecular flexibility index (Phi) is 6.59. The van der Waals surface area contributed by atoms with Crippen molar-refractivity contribution in [3.63, 3.8) is 0 Å². The van der Waals surface area contributed by atoms with Gasteiger partial charge in [-0.15, -0.1) is 0 Å². The number of nitrogens with zero attached hydrogens (tertiary/aromatic N) is 1. The molecule has 4 aromatic rings. The van der Waals surface area contributed by atoms with Crippen LogP contribution >= 0.6 is 0 Å². The summed E-state index contributed by atoms with van der Waals surface area (Å²) in [5.41, 5.74) is 3.23. The molecule has 0 aliphatic heterocycles. The lowest BCUT2D eigenvalue weighted by Gasteiger charge is -2.12. The van der Waals surface area contributed by atoms with Gasteiger partial charge in [-0.2, -0.15) is 4.98 Å². The molecule has 4 nitrogen and oxygen atoms in total. The number of benzene rings is 3. The fourth-order valence-electron chi connectivity index (χ4n) is 2.89. The first-order valence-electron chi connectivity index (χ1n) is 9.87. The van der Waals surface area contributed by atoms with Crippen LogP contribution in [0.15, 0.2) is 103 Å². The second kappa shape index (κ2) is 10.1. The molecule has 0 saturated heterocycles. The van der Waals surface area contributed by atoms with Gasteiger partial charge in [0.15, 0.2) is 0 Å². The molecule has 0 N–H and O–H groups in total. The number of aromatic nitrogens is 1. The molecule has 0 radical (unpaired) electrons. The minimum Gasteiger partial charge on any atom is -0.489 e. The Morgan fingerprint density at radius 2 is 0.833 bits per heavy atom. The lowest BCUT2D eigenvalue weighted by Crippen LogP contribution is -2.02. The van der Waals surface area contributed by atoms with Crippen LogP contribution < -0.4 is 14.2 Å². The van der Waals surface area contributed by atoms with E-state index in [-0.39, 0.29) is 0 Å². The SMILES string of the molecule is c1ccc(COc2cc(OCc3ccccc3)nc(OCc3ccccc3)c2)cc1. The average molecular weight is 397 g/mol. The molecule has 0 fully saturated rings.